The molecule has 2 aromatic carbocycles. The van der Waals surface area contributed by atoms with Gasteiger partial charge in [0.1, 0.15) is 5.82 Å². The molecule has 0 spiro atoms. The first kappa shape index (κ1) is 14.2. The van der Waals surface area contributed by atoms with Gasteiger partial charge in [0.05, 0.1) is 11.6 Å². The van der Waals surface area contributed by atoms with Gasteiger partial charge < -0.3 is 5.32 Å². The van der Waals surface area contributed by atoms with E-state index in [1.165, 1.54) is 0 Å². The third kappa shape index (κ3) is 3.23. The van der Waals surface area contributed by atoms with Crippen LogP contribution in [0, 0.1) is 24.1 Å². The zero-order valence-corrected chi connectivity index (χ0v) is 11.7. The molecule has 0 radical (unpaired) electrons. The van der Waals surface area contributed by atoms with Crippen LogP contribution >= 0.6 is 0 Å². The average molecular weight is 268 g/mol. The maximum atomic E-state index is 13.6. The van der Waals surface area contributed by atoms with E-state index < -0.39 is 0 Å². The van der Waals surface area contributed by atoms with Gasteiger partial charge in [-0.1, -0.05) is 30.3 Å². The second-order valence-corrected chi connectivity index (χ2v) is 4.88. The van der Waals surface area contributed by atoms with E-state index in [1.807, 2.05) is 31.2 Å². The zero-order valence-electron chi connectivity index (χ0n) is 11.7. The third-order valence-corrected chi connectivity index (χ3v) is 3.43. The van der Waals surface area contributed by atoms with Gasteiger partial charge in [-0.2, -0.15) is 5.26 Å². The van der Waals surface area contributed by atoms with Crippen LogP contribution in [0.4, 0.5) is 4.39 Å². The average Bonchev–Trinajstić information content (AvgIpc) is 2.47. The maximum Gasteiger partial charge on any atom is 0.126 e. The fourth-order valence-electron chi connectivity index (χ4n) is 2.04. The molecular weight excluding hydrogens is 251 g/mol. The van der Waals surface area contributed by atoms with Crippen molar-refractivity contribution >= 4 is 0 Å². The first-order chi connectivity index (χ1) is 9.61. The summed E-state index contributed by atoms with van der Waals surface area (Å²) in [5.41, 5.74) is 3.18. The van der Waals surface area contributed by atoms with Crippen LogP contribution < -0.4 is 5.32 Å². The lowest BCUT2D eigenvalue weighted by Gasteiger charge is -2.15. The van der Waals surface area contributed by atoms with E-state index in [4.69, 9.17) is 5.26 Å². The highest BCUT2D eigenvalue weighted by Gasteiger charge is 2.08. The van der Waals surface area contributed by atoms with Gasteiger partial charge in [-0.3, -0.25) is 0 Å². The largest absolute Gasteiger partial charge is 0.306 e. The van der Waals surface area contributed by atoms with Crippen molar-refractivity contribution in [1.82, 2.24) is 5.32 Å². The monoisotopic (exact) mass is 268 g/mol. The van der Waals surface area contributed by atoms with Crippen LogP contribution in [0.1, 0.15) is 35.2 Å². The number of hydrogen-bond acceptors (Lipinski definition) is 2. The molecule has 2 aromatic rings. The van der Waals surface area contributed by atoms with Crippen LogP contribution in [0.3, 0.4) is 0 Å². The molecule has 0 aliphatic heterocycles. The first-order valence-corrected chi connectivity index (χ1v) is 6.59. The number of aryl methyl sites for hydroxylation is 1. The van der Waals surface area contributed by atoms with Crippen LogP contribution in [-0.2, 0) is 6.54 Å². The Labute approximate surface area is 118 Å². The number of benzene rings is 2. The predicted molar refractivity (Wildman–Crippen MR) is 77.5 cm³/mol. The lowest BCUT2D eigenvalue weighted by atomic mass is 10.0. The highest BCUT2D eigenvalue weighted by molar-refractivity contribution is 5.37. The molecule has 2 rings (SSSR count). The topological polar surface area (TPSA) is 35.8 Å². The molecule has 0 saturated heterocycles. The van der Waals surface area contributed by atoms with Crippen LogP contribution in [0.15, 0.2) is 42.5 Å². The summed E-state index contributed by atoms with van der Waals surface area (Å²) < 4.78 is 13.6. The van der Waals surface area contributed by atoms with Crippen LogP contribution in [0.25, 0.3) is 0 Å². The molecule has 2 nitrogen and oxygen atoms in total. The number of nitrogens with one attached hydrogen (secondary N) is 1. The van der Waals surface area contributed by atoms with E-state index in [-0.39, 0.29) is 11.9 Å². The van der Waals surface area contributed by atoms with Gasteiger partial charge in [0.2, 0.25) is 0 Å². The summed E-state index contributed by atoms with van der Waals surface area (Å²) >= 11 is 0. The number of nitrogens with zero attached hydrogens (tertiary/aromatic N) is 1. The molecule has 0 bridgehead atoms. The Bertz CT molecular complexity index is 644. The van der Waals surface area contributed by atoms with Crippen molar-refractivity contribution in [2.24, 2.45) is 0 Å². The van der Waals surface area contributed by atoms with Crippen LogP contribution in [0.2, 0.25) is 0 Å². The van der Waals surface area contributed by atoms with Crippen molar-refractivity contribution in [2.45, 2.75) is 26.4 Å². The minimum atomic E-state index is -0.187. The minimum absolute atomic E-state index is 0.0249. The van der Waals surface area contributed by atoms with E-state index in [9.17, 15) is 4.39 Å². The molecule has 102 valence electrons. The Morgan fingerprint density at radius 1 is 1.25 bits per heavy atom. The van der Waals surface area contributed by atoms with Crippen molar-refractivity contribution < 1.29 is 4.39 Å². The second kappa shape index (κ2) is 6.31. The van der Waals surface area contributed by atoms with Crippen LogP contribution in [0.5, 0.6) is 0 Å². The Morgan fingerprint density at radius 3 is 2.70 bits per heavy atom. The molecule has 1 unspecified atom stereocenters. The van der Waals surface area contributed by atoms with E-state index >= 15 is 0 Å². The summed E-state index contributed by atoms with van der Waals surface area (Å²) in [7, 11) is 0. The molecule has 0 fully saturated rings. The van der Waals surface area contributed by atoms with E-state index in [1.54, 1.807) is 25.1 Å². The minimum Gasteiger partial charge on any atom is -0.306 e. The fraction of sp³-hybridized carbons (Fsp3) is 0.235. The SMILES string of the molecule is Cc1ccc(C(C)NCc2ccccc2C#N)cc1F. The number of hydrogen-bond donors (Lipinski definition) is 1. The van der Waals surface area contributed by atoms with Gasteiger partial charge in [-0.15, -0.1) is 0 Å². The summed E-state index contributed by atoms with van der Waals surface area (Å²) in [6, 6.07) is 14.9. The predicted octanol–water partition coefficient (Wildman–Crippen LogP) is 3.86. The molecule has 3 heteroatoms. The highest BCUT2D eigenvalue weighted by atomic mass is 19.1. The van der Waals surface area contributed by atoms with Crippen molar-refractivity contribution in [3.05, 3.63) is 70.5 Å². The molecule has 0 saturated carbocycles. The molecule has 0 aromatic heterocycles. The smallest absolute Gasteiger partial charge is 0.126 e. The van der Waals surface area contributed by atoms with E-state index in [2.05, 4.69) is 11.4 Å². The van der Waals surface area contributed by atoms with Crippen molar-refractivity contribution in [2.75, 3.05) is 0 Å². The summed E-state index contributed by atoms with van der Waals surface area (Å²) in [5, 5.41) is 12.4. The number of nitriles is 1. The Kier molecular flexibility index (Phi) is 4.49. The molecule has 1 N–H and O–H groups in total. The highest BCUT2D eigenvalue weighted by Crippen LogP contribution is 2.17. The molecular formula is C17H17FN2. The lowest BCUT2D eigenvalue weighted by molar-refractivity contribution is 0.563. The second-order valence-electron chi connectivity index (χ2n) is 4.88. The van der Waals surface area contributed by atoms with Gasteiger partial charge in [0, 0.05) is 12.6 Å². The Morgan fingerprint density at radius 2 is 2.00 bits per heavy atom. The molecule has 0 heterocycles. The third-order valence-electron chi connectivity index (χ3n) is 3.43. The summed E-state index contributed by atoms with van der Waals surface area (Å²) in [4.78, 5) is 0. The van der Waals surface area contributed by atoms with Gasteiger partial charge >= 0.3 is 0 Å². The molecule has 1 atom stereocenters. The lowest BCUT2D eigenvalue weighted by Crippen LogP contribution is -2.18. The first-order valence-electron chi connectivity index (χ1n) is 6.59. The normalized spacial score (nSPS) is 11.9. The molecule has 0 aliphatic rings. The quantitative estimate of drug-likeness (QED) is 0.914. The summed E-state index contributed by atoms with van der Waals surface area (Å²) in [6.45, 7) is 4.32. The maximum absolute atomic E-state index is 13.6. The molecule has 20 heavy (non-hydrogen) atoms. The summed E-state index contributed by atoms with van der Waals surface area (Å²) in [5.74, 6) is -0.187. The van der Waals surface area contributed by atoms with Crippen molar-refractivity contribution in [3.63, 3.8) is 0 Å². The van der Waals surface area contributed by atoms with E-state index in [0.717, 1.165) is 11.1 Å². The zero-order chi connectivity index (χ0) is 14.5. The van der Waals surface area contributed by atoms with Gasteiger partial charge in [-0.05, 0) is 42.7 Å². The van der Waals surface area contributed by atoms with Crippen LogP contribution in [-0.4, -0.2) is 0 Å². The standard InChI is InChI=1S/C17H17FN2/c1-12-7-8-14(9-17(12)18)13(2)20-11-16-6-4-3-5-15(16)10-19/h3-9,13,20H,11H2,1-2H3. The van der Waals surface area contributed by atoms with E-state index in [0.29, 0.717) is 17.7 Å². The van der Waals surface area contributed by atoms with Crippen molar-refractivity contribution in [1.29, 1.82) is 5.26 Å². The summed E-state index contributed by atoms with van der Waals surface area (Å²) in [6.07, 6.45) is 0. The number of rotatable bonds is 4. The Hall–Kier alpha value is -2.18. The van der Waals surface area contributed by atoms with Gasteiger partial charge in [0.15, 0.2) is 0 Å². The fourth-order valence-corrected chi connectivity index (χ4v) is 2.04. The van der Waals surface area contributed by atoms with Crippen molar-refractivity contribution in [3.8, 4) is 6.07 Å². The molecule has 0 aliphatic carbocycles. The van der Waals surface area contributed by atoms with Gasteiger partial charge in [0.25, 0.3) is 0 Å². The molecule has 0 amide bonds. The van der Waals surface area contributed by atoms with Gasteiger partial charge in [-0.25, -0.2) is 4.39 Å². The number of halogens is 1. The Balaban J connectivity index is 2.07.